The average molecular weight is 422 g/mol. The van der Waals surface area contributed by atoms with Gasteiger partial charge in [0.1, 0.15) is 9.81 Å². The molecule has 2 N–H and O–H groups in total. The van der Waals surface area contributed by atoms with Gasteiger partial charge in [0.2, 0.25) is 25.8 Å². The molecule has 0 unspecified atom stereocenters. The first-order valence-electron chi connectivity index (χ1n) is 8.48. The molecule has 10 heteroatoms. The van der Waals surface area contributed by atoms with Crippen molar-refractivity contribution >= 4 is 54.7 Å². The predicted molar refractivity (Wildman–Crippen MR) is 106 cm³/mol. The molecule has 8 nitrogen and oxygen atoms in total. The maximum absolute atomic E-state index is 12.9. The molecule has 0 radical (unpaired) electrons. The molecule has 1 aromatic rings. The lowest BCUT2D eigenvalue weighted by Crippen LogP contribution is -2.39. The van der Waals surface area contributed by atoms with Crippen molar-refractivity contribution in [1.29, 1.82) is 0 Å². The van der Waals surface area contributed by atoms with Crippen molar-refractivity contribution in [3.63, 3.8) is 0 Å². The minimum Gasteiger partial charge on any atom is -0.290 e. The van der Waals surface area contributed by atoms with E-state index in [0.717, 1.165) is 6.08 Å². The van der Waals surface area contributed by atoms with Crippen LogP contribution >= 0.6 is 0 Å². The standard InChI is InChI=1S/C18H18N2O6S2/c1-3-19-27(23,24)16-10-13-7-12-8-14(21)6-5-11(12)9-15(13)18(17(16)22)28(25,26)20-4-2/h5-10,19-20H,3-4H2,1-2H3. The van der Waals surface area contributed by atoms with Gasteiger partial charge in [-0.25, -0.2) is 26.3 Å². The lowest BCUT2D eigenvalue weighted by atomic mass is 9.97. The smallest absolute Gasteiger partial charge is 0.245 e. The summed E-state index contributed by atoms with van der Waals surface area (Å²) in [5, 5.41) is 0.602. The second-order valence-electron chi connectivity index (χ2n) is 6.12. The molecule has 1 aromatic carbocycles. The molecular weight excluding hydrogens is 404 g/mol. The van der Waals surface area contributed by atoms with Crippen LogP contribution in [0.3, 0.4) is 0 Å². The zero-order valence-corrected chi connectivity index (χ0v) is 16.8. The van der Waals surface area contributed by atoms with E-state index in [1.54, 1.807) is 13.8 Å². The summed E-state index contributed by atoms with van der Waals surface area (Å²) in [4.78, 5) is 23.3. The number of nitrogens with one attached hydrogen (secondary N) is 2. The molecule has 0 bridgehead atoms. The number of sulfonamides is 2. The molecule has 0 aromatic heterocycles. The van der Waals surface area contributed by atoms with Gasteiger partial charge in [0, 0.05) is 18.3 Å². The van der Waals surface area contributed by atoms with E-state index in [0.29, 0.717) is 10.8 Å². The first-order chi connectivity index (χ1) is 13.1. The Kier molecular flexibility index (Phi) is 5.24. The van der Waals surface area contributed by atoms with E-state index in [9.17, 15) is 26.4 Å². The van der Waals surface area contributed by atoms with Gasteiger partial charge in [0.15, 0.2) is 5.78 Å². The van der Waals surface area contributed by atoms with Gasteiger partial charge < -0.3 is 0 Å². The summed E-state index contributed by atoms with van der Waals surface area (Å²) < 4.78 is 54.8. The first-order valence-corrected chi connectivity index (χ1v) is 11.4. The molecule has 0 saturated carbocycles. The van der Waals surface area contributed by atoms with Crippen LogP contribution in [0, 0.1) is 0 Å². The van der Waals surface area contributed by atoms with Gasteiger partial charge in [0.25, 0.3) is 0 Å². The molecule has 148 valence electrons. The summed E-state index contributed by atoms with van der Waals surface area (Å²) in [6, 6.07) is 2.97. The molecule has 2 aliphatic rings. The van der Waals surface area contributed by atoms with Crippen LogP contribution in [0.5, 0.6) is 0 Å². The molecule has 0 heterocycles. The van der Waals surface area contributed by atoms with Crippen molar-refractivity contribution in [2.45, 2.75) is 13.8 Å². The highest BCUT2D eigenvalue weighted by Crippen LogP contribution is 2.23. The maximum atomic E-state index is 12.9. The van der Waals surface area contributed by atoms with Gasteiger partial charge in [-0.05, 0) is 46.7 Å². The van der Waals surface area contributed by atoms with Gasteiger partial charge in [-0.2, -0.15) is 0 Å². The summed E-state index contributed by atoms with van der Waals surface area (Å²) >= 11 is 0. The number of allylic oxidation sites excluding steroid dienone is 2. The quantitative estimate of drug-likeness (QED) is 0.604. The Hall–Kier alpha value is -2.40. The number of hydrogen-bond acceptors (Lipinski definition) is 6. The molecule has 0 fully saturated rings. The third-order valence-corrected chi connectivity index (χ3v) is 7.33. The Bertz CT molecular complexity index is 1290. The number of hydrogen-bond donors (Lipinski definition) is 2. The van der Waals surface area contributed by atoms with E-state index >= 15 is 0 Å². The third-order valence-electron chi connectivity index (χ3n) is 4.17. The zero-order chi connectivity index (χ0) is 20.7. The maximum Gasteiger partial charge on any atom is 0.245 e. The normalized spacial score (nSPS) is 16.4. The van der Waals surface area contributed by atoms with E-state index in [4.69, 9.17) is 0 Å². The molecule has 0 spiro atoms. The highest BCUT2D eigenvalue weighted by Gasteiger charge is 2.36. The van der Waals surface area contributed by atoms with Gasteiger partial charge >= 0.3 is 0 Å². The van der Waals surface area contributed by atoms with Gasteiger partial charge in [0.05, 0.1) is 0 Å². The monoisotopic (exact) mass is 422 g/mol. The van der Waals surface area contributed by atoms with Crippen LogP contribution in [0.25, 0.3) is 23.1 Å². The first kappa shape index (κ1) is 20.3. The van der Waals surface area contributed by atoms with Gasteiger partial charge in [-0.1, -0.05) is 19.9 Å². The zero-order valence-electron chi connectivity index (χ0n) is 15.1. The summed E-state index contributed by atoms with van der Waals surface area (Å²) in [6.07, 6.45) is 5.34. The predicted octanol–water partition coefficient (Wildman–Crippen LogP) is -1.03. The SMILES string of the molecule is CCNS(=O)(=O)C1=Cc2cc3c(cc2=C(S(=O)(=O)NCC)C1=O)C=CC(=O)C=3. The van der Waals surface area contributed by atoms with Crippen LogP contribution in [0.2, 0.25) is 0 Å². The number of rotatable bonds is 6. The van der Waals surface area contributed by atoms with Crippen molar-refractivity contribution in [2.75, 3.05) is 13.1 Å². The van der Waals surface area contributed by atoms with Gasteiger partial charge in [-0.15, -0.1) is 0 Å². The average Bonchev–Trinajstić information content (AvgIpc) is 2.59. The van der Waals surface area contributed by atoms with Crippen LogP contribution in [0.4, 0.5) is 0 Å². The van der Waals surface area contributed by atoms with E-state index in [2.05, 4.69) is 9.44 Å². The number of carbonyl (C=O) groups excluding carboxylic acids is 2. The molecule has 3 rings (SSSR count). The van der Waals surface area contributed by atoms with Crippen molar-refractivity contribution in [3.05, 3.63) is 44.7 Å². The number of fused-ring (bicyclic) bond motifs is 2. The Morgan fingerprint density at radius 2 is 1.46 bits per heavy atom. The Balaban J connectivity index is 2.43. The van der Waals surface area contributed by atoms with E-state index in [1.165, 1.54) is 30.4 Å². The van der Waals surface area contributed by atoms with Crippen molar-refractivity contribution in [3.8, 4) is 0 Å². The second kappa shape index (κ2) is 7.21. The summed E-state index contributed by atoms with van der Waals surface area (Å²) in [6.45, 7) is 3.16. The molecule has 0 amide bonds. The molecule has 0 atom stereocenters. The van der Waals surface area contributed by atoms with Crippen molar-refractivity contribution < 1.29 is 26.4 Å². The summed E-state index contributed by atoms with van der Waals surface area (Å²) in [7, 11) is -8.47. The highest BCUT2D eigenvalue weighted by atomic mass is 32.2. The Labute approximate surface area is 162 Å². The molecule has 0 aliphatic heterocycles. The van der Waals surface area contributed by atoms with Crippen LogP contribution in [-0.2, 0) is 29.6 Å². The van der Waals surface area contributed by atoms with Crippen molar-refractivity contribution in [1.82, 2.24) is 9.44 Å². The lowest BCUT2D eigenvalue weighted by Gasteiger charge is -2.18. The summed E-state index contributed by atoms with van der Waals surface area (Å²) in [5.74, 6) is -1.34. The third kappa shape index (κ3) is 3.51. The van der Waals surface area contributed by atoms with E-state index < -0.39 is 35.6 Å². The van der Waals surface area contributed by atoms with Gasteiger partial charge in [-0.3, -0.25) is 9.59 Å². The number of carbonyl (C=O) groups is 2. The fourth-order valence-electron chi connectivity index (χ4n) is 3.05. The fourth-order valence-corrected chi connectivity index (χ4v) is 5.62. The highest BCUT2D eigenvalue weighted by molar-refractivity contribution is 8.01. The van der Waals surface area contributed by atoms with E-state index in [1.807, 2.05) is 0 Å². The Morgan fingerprint density at radius 3 is 2.11 bits per heavy atom. The minimum absolute atomic E-state index is 0.0284. The topological polar surface area (TPSA) is 126 Å². The molecule has 28 heavy (non-hydrogen) atoms. The van der Waals surface area contributed by atoms with Crippen LogP contribution in [0.15, 0.2) is 23.1 Å². The van der Waals surface area contributed by atoms with Crippen molar-refractivity contribution in [2.24, 2.45) is 0 Å². The second-order valence-corrected chi connectivity index (χ2v) is 9.56. The number of ketones is 2. The molecule has 2 aliphatic carbocycles. The fraction of sp³-hybridized carbons (Fsp3) is 0.222. The van der Waals surface area contributed by atoms with Crippen LogP contribution in [-0.4, -0.2) is 41.5 Å². The largest absolute Gasteiger partial charge is 0.290 e. The molecule has 0 saturated heterocycles. The minimum atomic E-state index is -4.26. The number of Topliss-reactive ketones (excluding diaryl/α,β-unsaturated/α-hetero) is 1. The molecular formula is C18H18N2O6S2. The van der Waals surface area contributed by atoms with Crippen LogP contribution in [0.1, 0.15) is 25.0 Å². The lowest BCUT2D eigenvalue weighted by molar-refractivity contribution is -0.110. The number of benzene rings is 1. The Morgan fingerprint density at radius 1 is 0.821 bits per heavy atom. The summed E-state index contributed by atoms with van der Waals surface area (Å²) in [5.41, 5.74) is 0.785. The van der Waals surface area contributed by atoms with Crippen LogP contribution < -0.4 is 19.9 Å². The van der Waals surface area contributed by atoms with E-state index in [-0.39, 0.29) is 29.7 Å².